The number of amides is 2. The van der Waals surface area contributed by atoms with Crippen molar-refractivity contribution >= 4 is 53.1 Å². The number of nitrogens with zero attached hydrogens (tertiary/aromatic N) is 1. The highest BCUT2D eigenvalue weighted by Crippen LogP contribution is 2.30. The topological polar surface area (TPSA) is 61.4 Å². The average molecular weight is 381 g/mol. The van der Waals surface area contributed by atoms with E-state index in [1.807, 2.05) is 14.0 Å². The zero-order chi connectivity index (χ0) is 16.3. The number of benzene rings is 1. The molecule has 0 aliphatic carbocycles. The first-order valence-corrected chi connectivity index (χ1v) is 7.87. The molecule has 2 rings (SSSR count). The van der Waals surface area contributed by atoms with Crippen molar-refractivity contribution in [3.05, 3.63) is 28.2 Å². The molecule has 1 heterocycles. The standard InChI is InChI=1S/C15H19Cl2N3O2.ClH/c1-9(18-2)7-19-15(22)10-3-14(21)20(8-10)13-5-11(16)4-12(17)6-13;/h4-6,9-10,18H,3,7-8H2,1-2H3,(H,19,22);1H. The zero-order valence-corrected chi connectivity index (χ0v) is 15.3. The number of hydrogen-bond acceptors (Lipinski definition) is 3. The third-order valence-electron chi connectivity index (χ3n) is 3.73. The lowest BCUT2D eigenvalue weighted by atomic mass is 10.1. The van der Waals surface area contributed by atoms with Crippen LogP contribution in [0.25, 0.3) is 0 Å². The van der Waals surface area contributed by atoms with Crippen LogP contribution in [0.3, 0.4) is 0 Å². The number of anilines is 1. The molecule has 0 saturated carbocycles. The molecule has 1 fully saturated rings. The lowest BCUT2D eigenvalue weighted by Crippen LogP contribution is -2.40. The number of nitrogens with one attached hydrogen (secondary N) is 2. The maximum absolute atomic E-state index is 12.2. The lowest BCUT2D eigenvalue weighted by Gasteiger charge is -2.18. The number of hydrogen-bond donors (Lipinski definition) is 2. The van der Waals surface area contributed by atoms with Crippen LogP contribution >= 0.6 is 35.6 Å². The fraction of sp³-hybridized carbons (Fsp3) is 0.467. The van der Waals surface area contributed by atoms with E-state index >= 15 is 0 Å². The minimum Gasteiger partial charge on any atom is -0.354 e. The van der Waals surface area contributed by atoms with E-state index in [1.165, 1.54) is 0 Å². The number of likely N-dealkylation sites (N-methyl/N-ethyl adjacent to an activating group) is 1. The summed E-state index contributed by atoms with van der Waals surface area (Å²) in [6, 6.07) is 5.14. The van der Waals surface area contributed by atoms with Gasteiger partial charge in [0.05, 0.1) is 5.92 Å². The summed E-state index contributed by atoms with van der Waals surface area (Å²) in [5, 5.41) is 6.83. The van der Waals surface area contributed by atoms with Crippen molar-refractivity contribution in [2.75, 3.05) is 25.0 Å². The molecule has 2 atom stereocenters. The van der Waals surface area contributed by atoms with Gasteiger partial charge in [-0.1, -0.05) is 23.2 Å². The molecule has 2 amide bonds. The van der Waals surface area contributed by atoms with Gasteiger partial charge >= 0.3 is 0 Å². The second kappa shape index (κ2) is 8.73. The molecular weight excluding hydrogens is 361 g/mol. The monoisotopic (exact) mass is 379 g/mol. The maximum Gasteiger partial charge on any atom is 0.227 e. The van der Waals surface area contributed by atoms with Crippen molar-refractivity contribution in [2.45, 2.75) is 19.4 Å². The summed E-state index contributed by atoms with van der Waals surface area (Å²) in [4.78, 5) is 25.9. The molecule has 0 spiro atoms. The van der Waals surface area contributed by atoms with Crippen LogP contribution in [0.15, 0.2) is 18.2 Å². The number of halogens is 3. The molecule has 5 nitrogen and oxygen atoms in total. The maximum atomic E-state index is 12.2. The van der Waals surface area contributed by atoms with Gasteiger partial charge in [-0.2, -0.15) is 0 Å². The average Bonchev–Trinajstić information content (AvgIpc) is 2.85. The predicted molar refractivity (Wildman–Crippen MR) is 95.7 cm³/mol. The van der Waals surface area contributed by atoms with E-state index in [9.17, 15) is 9.59 Å². The third-order valence-corrected chi connectivity index (χ3v) is 4.17. The van der Waals surface area contributed by atoms with Crippen molar-refractivity contribution in [1.29, 1.82) is 0 Å². The summed E-state index contributed by atoms with van der Waals surface area (Å²) in [5.74, 6) is -0.555. The van der Waals surface area contributed by atoms with E-state index < -0.39 is 0 Å². The number of rotatable bonds is 5. The van der Waals surface area contributed by atoms with Gasteiger partial charge in [0.15, 0.2) is 0 Å². The van der Waals surface area contributed by atoms with Crippen molar-refractivity contribution < 1.29 is 9.59 Å². The lowest BCUT2D eigenvalue weighted by molar-refractivity contribution is -0.126. The molecule has 2 N–H and O–H groups in total. The molecule has 1 saturated heterocycles. The molecular formula is C15H20Cl3N3O2. The first-order valence-electron chi connectivity index (χ1n) is 7.12. The number of carbonyl (C=O) groups excluding carboxylic acids is 2. The molecule has 128 valence electrons. The minimum atomic E-state index is -0.352. The smallest absolute Gasteiger partial charge is 0.227 e. The Morgan fingerprint density at radius 3 is 2.52 bits per heavy atom. The molecule has 2 unspecified atom stereocenters. The minimum absolute atomic E-state index is 0. The predicted octanol–water partition coefficient (Wildman–Crippen LogP) is 2.49. The Morgan fingerprint density at radius 1 is 1.35 bits per heavy atom. The summed E-state index contributed by atoms with van der Waals surface area (Å²) < 4.78 is 0. The third kappa shape index (κ3) is 5.24. The number of carbonyl (C=O) groups is 2. The van der Waals surface area contributed by atoms with Gasteiger partial charge in [0.2, 0.25) is 11.8 Å². The van der Waals surface area contributed by atoms with Crippen molar-refractivity contribution in [2.24, 2.45) is 5.92 Å². The second-order valence-electron chi connectivity index (χ2n) is 5.47. The molecule has 0 aromatic heterocycles. The summed E-state index contributed by atoms with van der Waals surface area (Å²) in [6.45, 7) is 2.85. The normalized spacial score (nSPS) is 18.5. The Balaban J connectivity index is 0.00000264. The largest absolute Gasteiger partial charge is 0.354 e. The Hall–Kier alpha value is -1.01. The molecule has 23 heavy (non-hydrogen) atoms. The SMILES string of the molecule is CNC(C)CNC(=O)C1CC(=O)N(c2cc(Cl)cc(Cl)c2)C1.Cl. The van der Waals surface area contributed by atoms with Crippen molar-refractivity contribution in [3.63, 3.8) is 0 Å². The Morgan fingerprint density at radius 2 is 1.96 bits per heavy atom. The summed E-state index contributed by atoms with van der Waals surface area (Å²) in [5.41, 5.74) is 0.626. The van der Waals surface area contributed by atoms with Crippen LogP contribution in [0.4, 0.5) is 5.69 Å². The van der Waals surface area contributed by atoms with Gasteiger partial charge in [0.25, 0.3) is 0 Å². The van der Waals surface area contributed by atoms with Gasteiger partial charge < -0.3 is 15.5 Å². The van der Waals surface area contributed by atoms with Gasteiger partial charge in [-0.3, -0.25) is 9.59 Å². The van der Waals surface area contributed by atoms with Crippen LogP contribution in [-0.2, 0) is 9.59 Å². The van der Waals surface area contributed by atoms with Crippen LogP contribution < -0.4 is 15.5 Å². The van der Waals surface area contributed by atoms with Crippen LogP contribution in [0, 0.1) is 5.92 Å². The van der Waals surface area contributed by atoms with E-state index in [-0.39, 0.29) is 42.6 Å². The van der Waals surface area contributed by atoms with Gasteiger partial charge in [0.1, 0.15) is 0 Å². The highest BCUT2D eigenvalue weighted by molar-refractivity contribution is 6.35. The highest BCUT2D eigenvalue weighted by Gasteiger charge is 2.35. The molecule has 1 aromatic rings. The highest BCUT2D eigenvalue weighted by atomic mass is 35.5. The zero-order valence-electron chi connectivity index (χ0n) is 12.9. The molecule has 1 aliphatic rings. The molecule has 0 bridgehead atoms. The van der Waals surface area contributed by atoms with E-state index in [0.717, 1.165) is 0 Å². The Kier molecular flexibility index (Phi) is 7.61. The fourth-order valence-corrected chi connectivity index (χ4v) is 2.84. The Labute approximate surface area is 152 Å². The van der Waals surface area contributed by atoms with Gasteiger partial charge in [-0.25, -0.2) is 0 Å². The molecule has 1 aliphatic heterocycles. The Bertz CT molecular complexity index is 563. The van der Waals surface area contributed by atoms with Crippen LogP contribution in [0.5, 0.6) is 0 Å². The second-order valence-corrected chi connectivity index (χ2v) is 6.34. The van der Waals surface area contributed by atoms with Gasteiger partial charge in [0, 0.05) is 41.3 Å². The van der Waals surface area contributed by atoms with E-state index in [0.29, 0.717) is 28.8 Å². The van der Waals surface area contributed by atoms with Gasteiger partial charge in [-0.05, 0) is 32.2 Å². The first kappa shape index (κ1) is 20.0. The van der Waals surface area contributed by atoms with Crippen molar-refractivity contribution in [1.82, 2.24) is 10.6 Å². The van der Waals surface area contributed by atoms with E-state index in [1.54, 1.807) is 23.1 Å². The molecule has 1 aromatic carbocycles. The summed E-state index contributed by atoms with van der Waals surface area (Å²) >= 11 is 11.9. The first-order chi connectivity index (χ1) is 10.4. The van der Waals surface area contributed by atoms with Crippen LogP contribution in [-0.4, -0.2) is 38.0 Å². The molecule has 0 radical (unpaired) electrons. The van der Waals surface area contributed by atoms with E-state index in [4.69, 9.17) is 23.2 Å². The van der Waals surface area contributed by atoms with Gasteiger partial charge in [-0.15, -0.1) is 12.4 Å². The van der Waals surface area contributed by atoms with Crippen molar-refractivity contribution in [3.8, 4) is 0 Å². The summed E-state index contributed by atoms with van der Waals surface area (Å²) in [6.07, 6.45) is 0.198. The fourth-order valence-electron chi connectivity index (χ4n) is 2.33. The molecule has 8 heteroatoms. The van der Waals surface area contributed by atoms with Crippen LogP contribution in [0.1, 0.15) is 13.3 Å². The van der Waals surface area contributed by atoms with E-state index in [2.05, 4.69) is 10.6 Å². The van der Waals surface area contributed by atoms with Crippen LogP contribution in [0.2, 0.25) is 10.0 Å². The summed E-state index contributed by atoms with van der Waals surface area (Å²) in [7, 11) is 1.83. The quantitative estimate of drug-likeness (QED) is 0.825.